The van der Waals surface area contributed by atoms with Crippen LogP contribution in [0.25, 0.3) is 10.9 Å². The second-order valence-electron chi connectivity index (χ2n) is 6.91. The van der Waals surface area contributed by atoms with Gasteiger partial charge in [0, 0.05) is 29.6 Å². The molecule has 154 valence electrons. The lowest BCUT2D eigenvalue weighted by molar-refractivity contribution is -0.124. The fraction of sp³-hybridized carbons (Fsp3) is 0.238. The Balaban J connectivity index is 1.39. The molecule has 2 heterocycles. The van der Waals surface area contributed by atoms with Gasteiger partial charge < -0.3 is 10.1 Å². The van der Waals surface area contributed by atoms with Crippen molar-refractivity contribution in [2.75, 3.05) is 6.61 Å². The predicted octanol–water partition coefficient (Wildman–Crippen LogP) is 3.12. The number of esters is 1. The largest absolute Gasteiger partial charge is 0.452 e. The zero-order chi connectivity index (χ0) is 21.3. The number of fused-ring (bicyclic) bond motifs is 2. The second-order valence-corrected chi connectivity index (χ2v) is 7.75. The fourth-order valence-corrected chi connectivity index (χ4v) is 3.81. The summed E-state index contributed by atoms with van der Waals surface area (Å²) >= 11 is 11.9. The molecule has 0 bridgehead atoms. The zero-order valence-electron chi connectivity index (χ0n) is 15.8. The third-order valence-electron chi connectivity index (χ3n) is 4.88. The van der Waals surface area contributed by atoms with Crippen LogP contribution in [0, 0.1) is 0 Å². The molecule has 0 spiro atoms. The smallest absolute Gasteiger partial charge is 0.338 e. The maximum absolute atomic E-state index is 12.5. The minimum atomic E-state index is -0.668. The van der Waals surface area contributed by atoms with Crippen LogP contribution in [0.5, 0.6) is 0 Å². The summed E-state index contributed by atoms with van der Waals surface area (Å²) in [5.41, 5.74) is 1.27. The van der Waals surface area contributed by atoms with E-state index in [2.05, 4.69) is 10.3 Å². The van der Waals surface area contributed by atoms with Gasteiger partial charge in [0.25, 0.3) is 11.5 Å². The lowest BCUT2D eigenvalue weighted by Gasteiger charge is -2.09. The average Bonchev–Trinajstić information content (AvgIpc) is 3.20. The van der Waals surface area contributed by atoms with Crippen LogP contribution < -0.4 is 10.9 Å². The summed E-state index contributed by atoms with van der Waals surface area (Å²) in [6, 6.07) is 9.54. The molecular formula is C21H17Cl2N3O4. The topological polar surface area (TPSA) is 90.3 Å². The molecule has 9 heteroatoms. The number of amides is 1. The van der Waals surface area contributed by atoms with E-state index in [0.29, 0.717) is 33.1 Å². The van der Waals surface area contributed by atoms with Crippen molar-refractivity contribution in [2.45, 2.75) is 25.9 Å². The van der Waals surface area contributed by atoms with E-state index in [1.807, 2.05) is 0 Å². The quantitative estimate of drug-likeness (QED) is 0.609. The average molecular weight is 446 g/mol. The molecule has 2 aromatic carbocycles. The summed E-state index contributed by atoms with van der Waals surface area (Å²) in [5.74, 6) is -0.415. The van der Waals surface area contributed by atoms with Crippen LogP contribution in [0.2, 0.25) is 10.0 Å². The molecule has 0 radical (unpaired) electrons. The maximum Gasteiger partial charge on any atom is 0.338 e. The maximum atomic E-state index is 12.5. The first kappa shape index (κ1) is 20.4. The summed E-state index contributed by atoms with van der Waals surface area (Å²) in [6.07, 6.45) is 1.61. The number of carbonyl (C=O) groups is 2. The number of aryl methyl sites for hydroxylation is 1. The van der Waals surface area contributed by atoms with Crippen molar-refractivity contribution in [1.82, 2.24) is 14.9 Å². The monoisotopic (exact) mass is 445 g/mol. The van der Waals surface area contributed by atoms with Gasteiger partial charge in [0.2, 0.25) is 0 Å². The Bertz CT molecular complexity index is 1220. The van der Waals surface area contributed by atoms with Gasteiger partial charge in [-0.1, -0.05) is 29.3 Å². The van der Waals surface area contributed by atoms with Gasteiger partial charge in [-0.2, -0.15) is 0 Å². The molecule has 30 heavy (non-hydrogen) atoms. The van der Waals surface area contributed by atoms with E-state index in [1.165, 1.54) is 12.1 Å². The zero-order valence-corrected chi connectivity index (χ0v) is 17.3. The predicted molar refractivity (Wildman–Crippen MR) is 113 cm³/mol. The highest BCUT2D eigenvalue weighted by molar-refractivity contribution is 6.35. The first-order valence-electron chi connectivity index (χ1n) is 9.33. The Morgan fingerprint density at radius 1 is 1.17 bits per heavy atom. The molecule has 0 atom stereocenters. The molecule has 0 saturated carbocycles. The normalized spacial score (nSPS) is 12.6. The van der Waals surface area contributed by atoms with Crippen molar-refractivity contribution in [3.8, 4) is 0 Å². The van der Waals surface area contributed by atoms with Gasteiger partial charge in [-0.05, 0) is 42.3 Å². The number of hydrogen-bond acceptors (Lipinski definition) is 5. The molecule has 1 N–H and O–H groups in total. The Morgan fingerprint density at radius 3 is 2.80 bits per heavy atom. The summed E-state index contributed by atoms with van der Waals surface area (Å²) in [7, 11) is 0. The number of aromatic nitrogens is 2. The van der Waals surface area contributed by atoms with E-state index in [0.717, 1.165) is 18.7 Å². The van der Waals surface area contributed by atoms with Crippen molar-refractivity contribution < 1.29 is 14.3 Å². The van der Waals surface area contributed by atoms with Crippen LogP contribution in [0.1, 0.15) is 28.2 Å². The molecule has 1 aromatic heterocycles. The van der Waals surface area contributed by atoms with Crippen LogP contribution in [0.4, 0.5) is 0 Å². The van der Waals surface area contributed by atoms with E-state index in [-0.39, 0.29) is 17.7 Å². The van der Waals surface area contributed by atoms with E-state index >= 15 is 0 Å². The van der Waals surface area contributed by atoms with Crippen LogP contribution in [-0.2, 0) is 29.0 Å². The van der Waals surface area contributed by atoms with Crippen molar-refractivity contribution >= 4 is 46.0 Å². The molecule has 0 aliphatic carbocycles. The molecular weight excluding hydrogens is 429 g/mol. The van der Waals surface area contributed by atoms with Gasteiger partial charge >= 0.3 is 5.97 Å². The lowest BCUT2D eigenvalue weighted by Crippen LogP contribution is -2.28. The molecule has 0 saturated heterocycles. The van der Waals surface area contributed by atoms with Crippen LogP contribution in [0.15, 0.2) is 41.2 Å². The summed E-state index contributed by atoms with van der Waals surface area (Å²) in [6.45, 7) is 0.404. The number of hydrogen-bond donors (Lipinski definition) is 1. The van der Waals surface area contributed by atoms with Gasteiger partial charge in [-0.25, -0.2) is 9.78 Å². The molecule has 4 rings (SSSR count). The molecule has 0 unspecified atom stereocenters. The second kappa shape index (κ2) is 8.45. The van der Waals surface area contributed by atoms with Crippen molar-refractivity contribution in [3.05, 3.63) is 73.7 Å². The number of nitrogens with one attached hydrogen (secondary N) is 1. The molecule has 1 aliphatic heterocycles. The highest BCUT2D eigenvalue weighted by Gasteiger charge is 2.18. The molecule has 0 fully saturated rings. The van der Waals surface area contributed by atoms with Crippen molar-refractivity contribution in [2.24, 2.45) is 0 Å². The van der Waals surface area contributed by atoms with Crippen LogP contribution in [-0.4, -0.2) is 28.0 Å². The number of rotatable bonds is 5. The molecule has 1 amide bonds. The number of ether oxygens (including phenoxy) is 1. The Labute approximate surface area is 181 Å². The number of nitrogens with zero attached hydrogens (tertiary/aromatic N) is 2. The van der Waals surface area contributed by atoms with E-state index < -0.39 is 18.5 Å². The van der Waals surface area contributed by atoms with Gasteiger partial charge in [0.1, 0.15) is 5.82 Å². The fourth-order valence-electron chi connectivity index (χ4n) is 3.34. The Morgan fingerprint density at radius 2 is 2.00 bits per heavy atom. The number of carbonyl (C=O) groups excluding carboxylic acids is 2. The highest BCUT2D eigenvalue weighted by atomic mass is 35.5. The Kier molecular flexibility index (Phi) is 5.74. The molecule has 7 nitrogen and oxygen atoms in total. The number of halogens is 2. The van der Waals surface area contributed by atoms with Gasteiger partial charge in [-0.3, -0.25) is 14.2 Å². The van der Waals surface area contributed by atoms with Crippen LogP contribution in [0.3, 0.4) is 0 Å². The third kappa shape index (κ3) is 4.17. The SMILES string of the molecule is O=C(COC(=O)c1ccc2c(=O)n3c(nc2c1)CCC3)NCc1ccc(Cl)cc1Cl. The highest BCUT2D eigenvalue weighted by Crippen LogP contribution is 2.21. The molecule has 1 aliphatic rings. The van der Waals surface area contributed by atoms with Crippen LogP contribution >= 0.6 is 23.2 Å². The lowest BCUT2D eigenvalue weighted by atomic mass is 10.1. The van der Waals surface area contributed by atoms with Gasteiger partial charge in [-0.15, -0.1) is 0 Å². The van der Waals surface area contributed by atoms with Gasteiger partial charge in [0.15, 0.2) is 6.61 Å². The number of benzene rings is 2. The first-order valence-corrected chi connectivity index (χ1v) is 10.1. The van der Waals surface area contributed by atoms with E-state index in [9.17, 15) is 14.4 Å². The third-order valence-corrected chi connectivity index (χ3v) is 5.46. The molecule has 3 aromatic rings. The van der Waals surface area contributed by atoms with Gasteiger partial charge in [0.05, 0.1) is 16.5 Å². The van der Waals surface area contributed by atoms with E-state index in [1.54, 1.807) is 28.8 Å². The minimum absolute atomic E-state index is 0.104. The minimum Gasteiger partial charge on any atom is -0.452 e. The standard InChI is InChI=1S/C21H17Cl2N3O4/c22-14-5-3-13(16(23)9-14)10-24-19(27)11-30-21(29)12-4-6-15-17(8-12)25-18-2-1-7-26(18)20(15)28/h3-6,8-9H,1-2,7,10-11H2,(H,24,27). The first-order chi connectivity index (χ1) is 14.4. The summed E-state index contributed by atoms with van der Waals surface area (Å²) < 4.78 is 6.75. The van der Waals surface area contributed by atoms with E-state index in [4.69, 9.17) is 27.9 Å². The van der Waals surface area contributed by atoms with Crippen molar-refractivity contribution in [1.29, 1.82) is 0 Å². The Hall–Kier alpha value is -2.90. The summed E-state index contributed by atoms with van der Waals surface area (Å²) in [4.78, 5) is 41.3. The van der Waals surface area contributed by atoms with Crippen molar-refractivity contribution in [3.63, 3.8) is 0 Å². The summed E-state index contributed by atoms with van der Waals surface area (Å²) in [5, 5.41) is 4.02.